The monoisotopic (exact) mass is 262 g/mol. The van der Waals surface area contributed by atoms with E-state index >= 15 is 0 Å². The van der Waals surface area contributed by atoms with Crippen LogP contribution in [-0.4, -0.2) is 17.5 Å². The van der Waals surface area contributed by atoms with Crippen LogP contribution in [0.4, 0.5) is 0 Å². The SMILES string of the molecule is Cc1ccc([C@@H](C)NC(C)C(=O)NC(C)(C)C)cc1. The minimum Gasteiger partial charge on any atom is -0.350 e. The molecular weight excluding hydrogens is 236 g/mol. The van der Waals surface area contributed by atoms with Gasteiger partial charge in [0.05, 0.1) is 6.04 Å². The molecule has 3 heteroatoms. The van der Waals surface area contributed by atoms with Crippen LogP contribution in [0.3, 0.4) is 0 Å². The summed E-state index contributed by atoms with van der Waals surface area (Å²) in [5.41, 5.74) is 2.25. The van der Waals surface area contributed by atoms with Crippen molar-refractivity contribution < 1.29 is 4.79 Å². The molecule has 0 fully saturated rings. The van der Waals surface area contributed by atoms with Crippen LogP contribution in [0.25, 0.3) is 0 Å². The smallest absolute Gasteiger partial charge is 0.237 e. The van der Waals surface area contributed by atoms with Gasteiger partial charge in [-0.05, 0) is 47.1 Å². The molecule has 0 spiro atoms. The summed E-state index contributed by atoms with van der Waals surface area (Å²) in [6, 6.07) is 8.32. The number of hydrogen-bond acceptors (Lipinski definition) is 2. The minimum atomic E-state index is -0.212. The average molecular weight is 262 g/mol. The number of nitrogens with one attached hydrogen (secondary N) is 2. The van der Waals surface area contributed by atoms with E-state index in [1.165, 1.54) is 11.1 Å². The van der Waals surface area contributed by atoms with Gasteiger partial charge < -0.3 is 5.32 Å². The maximum absolute atomic E-state index is 12.0. The quantitative estimate of drug-likeness (QED) is 0.876. The number of hydrogen-bond donors (Lipinski definition) is 2. The molecule has 0 saturated carbocycles. The summed E-state index contributed by atoms with van der Waals surface area (Å²) in [5, 5.41) is 6.31. The molecule has 1 unspecified atom stereocenters. The molecule has 19 heavy (non-hydrogen) atoms. The highest BCUT2D eigenvalue weighted by Gasteiger charge is 2.20. The first kappa shape index (κ1) is 15.7. The van der Waals surface area contributed by atoms with E-state index in [2.05, 4.69) is 48.7 Å². The summed E-state index contributed by atoms with van der Waals surface area (Å²) < 4.78 is 0. The zero-order chi connectivity index (χ0) is 14.6. The zero-order valence-corrected chi connectivity index (χ0v) is 12.9. The number of aryl methyl sites for hydroxylation is 1. The highest BCUT2D eigenvalue weighted by molar-refractivity contribution is 5.81. The molecule has 0 bridgehead atoms. The Morgan fingerprint density at radius 3 is 2.11 bits per heavy atom. The number of rotatable bonds is 4. The van der Waals surface area contributed by atoms with E-state index in [1.807, 2.05) is 27.7 Å². The van der Waals surface area contributed by atoms with E-state index in [1.54, 1.807) is 0 Å². The summed E-state index contributed by atoms with van der Waals surface area (Å²) in [7, 11) is 0. The Hall–Kier alpha value is -1.35. The van der Waals surface area contributed by atoms with Gasteiger partial charge in [0.2, 0.25) is 5.91 Å². The fourth-order valence-corrected chi connectivity index (χ4v) is 1.88. The molecule has 0 radical (unpaired) electrons. The van der Waals surface area contributed by atoms with Crippen LogP contribution in [0.15, 0.2) is 24.3 Å². The minimum absolute atomic E-state index is 0.0338. The van der Waals surface area contributed by atoms with Gasteiger partial charge in [-0.2, -0.15) is 0 Å². The van der Waals surface area contributed by atoms with E-state index in [0.29, 0.717) is 0 Å². The predicted octanol–water partition coefficient (Wildman–Crippen LogP) is 2.95. The van der Waals surface area contributed by atoms with Crippen molar-refractivity contribution in [1.29, 1.82) is 0 Å². The molecule has 0 heterocycles. The summed E-state index contributed by atoms with van der Waals surface area (Å²) in [4.78, 5) is 12.0. The van der Waals surface area contributed by atoms with Crippen molar-refractivity contribution in [2.75, 3.05) is 0 Å². The van der Waals surface area contributed by atoms with E-state index < -0.39 is 0 Å². The first-order valence-corrected chi connectivity index (χ1v) is 6.83. The van der Waals surface area contributed by atoms with Crippen molar-refractivity contribution in [3.63, 3.8) is 0 Å². The summed E-state index contributed by atoms with van der Waals surface area (Å²) >= 11 is 0. The first-order valence-electron chi connectivity index (χ1n) is 6.83. The summed E-state index contributed by atoms with van der Waals surface area (Å²) in [5.74, 6) is 0.0338. The zero-order valence-electron chi connectivity index (χ0n) is 12.9. The van der Waals surface area contributed by atoms with Gasteiger partial charge in [-0.15, -0.1) is 0 Å². The molecule has 0 aliphatic heterocycles. The Balaban J connectivity index is 2.59. The lowest BCUT2D eigenvalue weighted by Crippen LogP contribution is -2.49. The van der Waals surface area contributed by atoms with Crippen LogP contribution in [0.1, 0.15) is 51.8 Å². The highest BCUT2D eigenvalue weighted by Crippen LogP contribution is 2.14. The molecule has 0 aliphatic carbocycles. The molecule has 3 nitrogen and oxygen atoms in total. The summed E-state index contributed by atoms with van der Waals surface area (Å²) in [6.07, 6.45) is 0. The first-order chi connectivity index (χ1) is 8.69. The van der Waals surface area contributed by atoms with Gasteiger partial charge in [-0.1, -0.05) is 29.8 Å². The fraction of sp³-hybridized carbons (Fsp3) is 0.562. The van der Waals surface area contributed by atoms with Gasteiger partial charge in [-0.25, -0.2) is 0 Å². The molecule has 1 aromatic rings. The van der Waals surface area contributed by atoms with Gasteiger partial charge in [0.1, 0.15) is 0 Å². The number of benzene rings is 1. The van der Waals surface area contributed by atoms with Gasteiger partial charge >= 0.3 is 0 Å². The van der Waals surface area contributed by atoms with E-state index in [0.717, 1.165) is 0 Å². The number of carbonyl (C=O) groups is 1. The lowest BCUT2D eigenvalue weighted by molar-refractivity contribution is -0.124. The molecule has 1 rings (SSSR count). The average Bonchev–Trinajstić information content (AvgIpc) is 2.27. The molecule has 2 atom stereocenters. The molecular formula is C16H26N2O. The third-order valence-corrected chi connectivity index (χ3v) is 2.97. The Kier molecular flexibility index (Phi) is 5.12. The Morgan fingerprint density at radius 2 is 1.63 bits per heavy atom. The second kappa shape index (κ2) is 6.20. The van der Waals surface area contributed by atoms with E-state index in [4.69, 9.17) is 0 Å². The van der Waals surface area contributed by atoms with E-state index in [9.17, 15) is 4.79 Å². The van der Waals surface area contributed by atoms with Crippen molar-refractivity contribution in [2.45, 2.75) is 59.2 Å². The summed E-state index contributed by atoms with van der Waals surface area (Å²) in [6.45, 7) is 12.0. The van der Waals surface area contributed by atoms with Crippen LogP contribution < -0.4 is 10.6 Å². The topological polar surface area (TPSA) is 41.1 Å². The van der Waals surface area contributed by atoms with Gasteiger partial charge in [0.15, 0.2) is 0 Å². The molecule has 2 N–H and O–H groups in total. The Bertz CT molecular complexity index is 417. The molecule has 0 aromatic heterocycles. The van der Waals surface area contributed by atoms with Gasteiger partial charge in [0.25, 0.3) is 0 Å². The third-order valence-electron chi connectivity index (χ3n) is 2.97. The normalized spacial score (nSPS) is 14.8. The molecule has 106 valence electrons. The van der Waals surface area contributed by atoms with Crippen molar-refractivity contribution in [1.82, 2.24) is 10.6 Å². The van der Waals surface area contributed by atoms with Crippen LogP contribution >= 0.6 is 0 Å². The van der Waals surface area contributed by atoms with Crippen LogP contribution in [0.2, 0.25) is 0 Å². The van der Waals surface area contributed by atoms with Crippen molar-refractivity contribution >= 4 is 5.91 Å². The van der Waals surface area contributed by atoms with Crippen LogP contribution in [-0.2, 0) is 4.79 Å². The molecule has 0 saturated heterocycles. The maximum atomic E-state index is 12.0. The lowest BCUT2D eigenvalue weighted by Gasteiger charge is -2.25. The highest BCUT2D eigenvalue weighted by atomic mass is 16.2. The fourth-order valence-electron chi connectivity index (χ4n) is 1.88. The second-order valence-electron chi connectivity index (χ2n) is 6.26. The largest absolute Gasteiger partial charge is 0.350 e. The molecule has 1 aromatic carbocycles. The number of carbonyl (C=O) groups excluding carboxylic acids is 1. The predicted molar refractivity (Wildman–Crippen MR) is 80.1 cm³/mol. The van der Waals surface area contributed by atoms with Crippen molar-refractivity contribution in [3.05, 3.63) is 35.4 Å². The maximum Gasteiger partial charge on any atom is 0.237 e. The Labute approximate surface area is 116 Å². The van der Waals surface area contributed by atoms with Crippen molar-refractivity contribution in [2.24, 2.45) is 0 Å². The van der Waals surface area contributed by atoms with Gasteiger partial charge in [-0.3, -0.25) is 10.1 Å². The van der Waals surface area contributed by atoms with Crippen LogP contribution in [0, 0.1) is 6.92 Å². The van der Waals surface area contributed by atoms with E-state index in [-0.39, 0.29) is 23.5 Å². The molecule has 0 aliphatic rings. The third kappa shape index (κ3) is 5.43. The second-order valence-corrected chi connectivity index (χ2v) is 6.26. The standard InChI is InChI=1S/C16H26N2O/c1-11-7-9-14(10-8-11)12(2)17-13(3)15(19)18-16(4,5)6/h7-10,12-13,17H,1-6H3,(H,18,19)/t12-,13?/m1/s1. The molecule has 1 amide bonds. The number of amides is 1. The van der Waals surface area contributed by atoms with Crippen molar-refractivity contribution in [3.8, 4) is 0 Å². The van der Waals surface area contributed by atoms with Crippen LogP contribution in [0.5, 0.6) is 0 Å². The Morgan fingerprint density at radius 1 is 1.11 bits per heavy atom. The lowest BCUT2D eigenvalue weighted by atomic mass is 10.0. The van der Waals surface area contributed by atoms with Gasteiger partial charge in [0, 0.05) is 11.6 Å².